The van der Waals surface area contributed by atoms with E-state index >= 15 is 0 Å². The molecule has 1 aromatic carbocycles. The summed E-state index contributed by atoms with van der Waals surface area (Å²) in [6.45, 7) is 0.507. The van der Waals surface area contributed by atoms with Crippen LogP contribution in [0.1, 0.15) is 37.7 Å². The molecule has 1 fully saturated rings. The smallest absolute Gasteiger partial charge is 0.315 e. The Labute approximate surface area is 125 Å². The van der Waals surface area contributed by atoms with E-state index in [0.717, 1.165) is 29.3 Å². The molecule has 2 N–H and O–H groups in total. The Morgan fingerprint density at radius 3 is 2.81 bits per heavy atom. The number of urea groups is 1. The minimum atomic E-state index is -0.0742. The predicted molar refractivity (Wildman–Crippen MR) is 84.0 cm³/mol. The molecule has 1 saturated carbocycles. The number of rotatable bonds is 3. The van der Waals surface area contributed by atoms with Gasteiger partial charge in [-0.2, -0.15) is 0 Å². The molecule has 1 aliphatic carbocycles. The summed E-state index contributed by atoms with van der Waals surface area (Å²) in [7, 11) is 0. The van der Waals surface area contributed by atoms with Gasteiger partial charge < -0.3 is 10.6 Å². The highest BCUT2D eigenvalue weighted by Crippen LogP contribution is 2.17. The summed E-state index contributed by atoms with van der Waals surface area (Å²) in [4.78, 5) is 16.4. The molecule has 4 heteroatoms. The number of nitrogens with zero attached hydrogens (tertiary/aromatic N) is 1. The molecular weight excluding hydrogens is 262 g/mol. The number of hydrogen-bond donors (Lipinski definition) is 2. The standard InChI is InChI=1S/C17H21N3O/c21-17(20-15-9-2-1-3-10-15)19-12-14-7-4-6-13-8-5-11-18-16(13)14/h4-8,11,15H,1-3,9-10,12H2,(H2,19,20,21). The average Bonchev–Trinajstić information content (AvgIpc) is 2.54. The third-order valence-electron chi connectivity index (χ3n) is 4.10. The Balaban J connectivity index is 1.59. The van der Waals surface area contributed by atoms with E-state index < -0.39 is 0 Å². The molecule has 1 heterocycles. The molecule has 0 aliphatic heterocycles. The van der Waals surface area contributed by atoms with Crippen molar-refractivity contribution in [3.05, 3.63) is 42.1 Å². The first-order valence-corrected chi connectivity index (χ1v) is 7.70. The second kappa shape index (κ2) is 6.57. The molecule has 0 radical (unpaired) electrons. The average molecular weight is 283 g/mol. The van der Waals surface area contributed by atoms with Crippen LogP contribution in [0.25, 0.3) is 10.9 Å². The fourth-order valence-electron chi connectivity index (χ4n) is 2.97. The lowest BCUT2D eigenvalue weighted by Crippen LogP contribution is -2.42. The van der Waals surface area contributed by atoms with E-state index in [1.165, 1.54) is 19.3 Å². The summed E-state index contributed by atoms with van der Waals surface area (Å²) in [6.07, 6.45) is 7.72. The lowest BCUT2D eigenvalue weighted by Gasteiger charge is -2.22. The summed E-state index contributed by atoms with van der Waals surface area (Å²) in [5.74, 6) is 0. The Kier molecular flexibility index (Phi) is 4.34. The highest BCUT2D eigenvalue weighted by molar-refractivity contribution is 5.82. The third kappa shape index (κ3) is 3.51. The largest absolute Gasteiger partial charge is 0.335 e. The van der Waals surface area contributed by atoms with Gasteiger partial charge in [0.05, 0.1) is 5.52 Å². The van der Waals surface area contributed by atoms with Crippen LogP contribution in [0.15, 0.2) is 36.5 Å². The van der Waals surface area contributed by atoms with Crippen molar-refractivity contribution in [2.75, 3.05) is 0 Å². The fourth-order valence-corrected chi connectivity index (χ4v) is 2.97. The van der Waals surface area contributed by atoms with Crippen LogP contribution in [0.3, 0.4) is 0 Å². The van der Waals surface area contributed by atoms with Crippen molar-refractivity contribution in [3.63, 3.8) is 0 Å². The Hall–Kier alpha value is -2.10. The van der Waals surface area contributed by atoms with E-state index in [1.807, 2.05) is 30.3 Å². The van der Waals surface area contributed by atoms with Gasteiger partial charge >= 0.3 is 6.03 Å². The van der Waals surface area contributed by atoms with Gasteiger partial charge in [-0.1, -0.05) is 43.5 Å². The van der Waals surface area contributed by atoms with Gasteiger partial charge in [0.1, 0.15) is 0 Å². The zero-order valence-corrected chi connectivity index (χ0v) is 12.1. The molecule has 3 rings (SSSR count). The van der Waals surface area contributed by atoms with Crippen molar-refractivity contribution >= 4 is 16.9 Å². The number of carbonyl (C=O) groups excluding carboxylic acids is 1. The number of hydrogen-bond acceptors (Lipinski definition) is 2. The zero-order valence-electron chi connectivity index (χ0n) is 12.1. The van der Waals surface area contributed by atoms with Gasteiger partial charge in [0.25, 0.3) is 0 Å². The molecule has 21 heavy (non-hydrogen) atoms. The summed E-state index contributed by atoms with van der Waals surface area (Å²) >= 11 is 0. The number of nitrogens with one attached hydrogen (secondary N) is 2. The van der Waals surface area contributed by atoms with Crippen LogP contribution in [0, 0.1) is 0 Å². The first kappa shape index (κ1) is 13.9. The van der Waals surface area contributed by atoms with Crippen LogP contribution in [0.2, 0.25) is 0 Å². The van der Waals surface area contributed by atoms with Crippen LogP contribution in [-0.2, 0) is 6.54 Å². The van der Waals surface area contributed by atoms with Crippen LogP contribution in [0.4, 0.5) is 4.79 Å². The molecule has 0 bridgehead atoms. The number of amides is 2. The molecule has 0 atom stereocenters. The van der Waals surface area contributed by atoms with E-state index in [9.17, 15) is 4.79 Å². The zero-order chi connectivity index (χ0) is 14.5. The van der Waals surface area contributed by atoms with Crippen LogP contribution >= 0.6 is 0 Å². The Bertz CT molecular complexity index is 615. The SMILES string of the molecule is O=C(NCc1cccc2cccnc12)NC1CCCCC1. The minimum absolute atomic E-state index is 0.0742. The maximum absolute atomic E-state index is 12.0. The van der Waals surface area contributed by atoms with Gasteiger partial charge in [-0.15, -0.1) is 0 Å². The molecule has 0 unspecified atom stereocenters. The highest BCUT2D eigenvalue weighted by Gasteiger charge is 2.15. The molecule has 2 aromatic rings. The normalized spacial score (nSPS) is 15.8. The predicted octanol–water partition coefficient (Wildman–Crippen LogP) is 3.37. The Morgan fingerprint density at radius 2 is 1.95 bits per heavy atom. The number of pyridine rings is 1. The van der Waals surface area contributed by atoms with E-state index in [1.54, 1.807) is 6.20 Å². The first-order chi connectivity index (χ1) is 10.3. The van der Waals surface area contributed by atoms with Gasteiger partial charge in [-0.05, 0) is 24.5 Å². The molecule has 110 valence electrons. The maximum Gasteiger partial charge on any atom is 0.315 e. The summed E-state index contributed by atoms with van der Waals surface area (Å²) in [5.41, 5.74) is 2.00. The van der Waals surface area contributed by atoms with E-state index in [4.69, 9.17) is 0 Å². The Morgan fingerprint density at radius 1 is 1.14 bits per heavy atom. The fraction of sp³-hybridized carbons (Fsp3) is 0.412. The van der Waals surface area contributed by atoms with E-state index in [2.05, 4.69) is 15.6 Å². The second-order valence-corrected chi connectivity index (χ2v) is 5.65. The van der Waals surface area contributed by atoms with Gasteiger partial charge in [-0.25, -0.2) is 4.79 Å². The number of para-hydroxylation sites is 1. The number of aromatic nitrogens is 1. The number of benzene rings is 1. The lowest BCUT2D eigenvalue weighted by atomic mass is 9.96. The lowest BCUT2D eigenvalue weighted by molar-refractivity contribution is 0.232. The maximum atomic E-state index is 12.0. The molecule has 1 aromatic heterocycles. The molecular formula is C17H21N3O. The van der Waals surface area contributed by atoms with Crippen molar-refractivity contribution in [2.45, 2.75) is 44.7 Å². The van der Waals surface area contributed by atoms with Crippen LogP contribution < -0.4 is 10.6 Å². The van der Waals surface area contributed by atoms with Crippen molar-refractivity contribution in [1.29, 1.82) is 0 Å². The van der Waals surface area contributed by atoms with Crippen LogP contribution in [-0.4, -0.2) is 17.1 Å². The quantitative estimate of drug-likeness (QED) is 0.907. The number of fused-ring (bicyclic) bond motifs is 1. The van der Waals surface area contributed by atoms with Crippen molar-refractivity contribution in [3.8, 4) is 0 Å². The number of carbonyl (C=O) groups is 1. The molecule has 4 nitrogen and oxygen atoms in total. The second-order valence-electron chi connectivity index (χ2n) is 5.65. The van der Waals surface area contributed by atoms with Crippen molar-refractivity contribution < 1.29 is 4.79 Å². The highest BCUT2D eigenvalue weighted by atomic mass is 16.2. The van der Waals surface area contributed by atoms with Gasteiger partial charge in [0, 0.05) is 24.2 Å². The minimum Gasteiger partial charge on any atom is -0.335 e. The first-order valence-electron chi connectivity index (χ1n) is 7.70. The van der Waals surface area contributed by atoms with Gasteiger partial charge in [-0.3, -0.25) is 4.98 Å². The van der Waals surface area contributed by atoms with Crippen LogP contribution in [0.5, 0.6) is 0 Å². The molecule has 0 spiro atoms. The van der Waals surface area contributed by atoms with Crippen molar-refractivity contribution in [1.82, 2.24) is 15.6 Å². The summed E-state index contributed by atoms with van der Waals surface area (Å²) in [6, 6.07) is 10.3. The van der Waals surface area contributed by atoms with Crippen molar-refractivity contribution in [2.24, 2.45) is 0 Å². The van der Waals surface area contributed by atoms with E-state index in [-0.39, 0.29) is 6.03 Å². The molecule has 2 amide bonds. The van der Waals surface area contributed by atoms with Gasteiger partial charge in [0.2, 0.25) is 0 Å². The molecule has 1 aliphatic rings. The monoisotopic (exact) mass is 283 g/mol. The topological polar surface area (TPSA) is 54.0 Å². The summed E-state index contributed by atoms with van der Waals surface area (Å²) < 4.78 is 0. The van der Waals surface area contributed by atoms with E-state index in [0.29, 0.717) is 12.6 Å². The molecule has 0 saturated heterocycles. The van der Waals surface area contributed by atoms with Gasteiger partial charge in [0.15, 0.2) is 0 Å². The summed E-state index contributed by atoms with van der Waals surface area (Å²) in [5, 5.41) is 7.12. The third-order valence-corrected chi connectivity index (χ3v) is 4.10.